The van der Waals surface area contributed by atoms with Gasteiger partial charge in [0.15, 0.2) is 0 Å². The number of aliphatic hydroxyl groups excluding tert-OH is 1. The Kier molecular flexibility index (Phi) is 6.37. The summed E-state index contributed by atoms with van der Waals surface area (Å²) in [6.07, 6.45) is 6.93. The van der Waals surface area contributed by atoms with Crippen LogP contribution < -0.4 is 0 Å². The molecule has 1 fully saturated rings. The first-order chi connectivity index (χ1) is 7.69. The molecule has 0 aromatic heterocycles. The van der Waals surface area contributed by atoms with Crippen LogP contribution in [0.5, 0.6) is 0 Å². The molecule has 1 N–H and O–H groups in total. The Bertz CT molecular complexity index is 178. The molecule has 1 aliphatic rings. The molecule has 2 atom stereocenters. The number of nitrogens with zero attached hydrogens (tertiary/aromatic N) is 1. The first-order valence-corrected chi connectivity index (χ1v) is 7.04. The molecule has 1 unspecified atom stereocenters. The van der Waals surface area contributed by atoms with E-state index in [1.54, 1.807) is 0 Å². The predicted molar refractivity (Wildman–Crippen MR) is 69.5 cm³/mol. The molecule has 0 amide bonds. The number of unbranched alkanes of at least 4 members (excludes halogenated alkanes) is 3. The summed E-state index contributed by atoms with van der Waals surface area (Å²) in [6.45, 7) is 9.49. The SMILES string of the molecule is CCCCCCC(C)C1CN([C@@H](C)CO)C1. The van der Waals surface area contributed by atoms with E-state index in [1.807, 2.05) is 0 Å². The smallest absolute Gasteiger partial charge is 0.0584 e. The summed E-state index contributed by atoms with van der Waals surface area (Å²) in [5.41, 5.74) is 0. The van der Waals surface area contributed by atoms with Crippen molar-refractivity contribution < 1.29 is 5.11 Å². The molecular weight excluding hydrogens is 198 g/mol. The Labute approximate surface area is 101 Å². The molecule has 2 nitrogen and oxygen atoms in total. The first-order valence-electron chi connectivity index (χ1n) is 7.04. The van der Waals surface area contributed by atoms with Gasteiger partial charge in [0.1, 0.15) is 0 Å². The van der Waals surface area contributed by atoms with E-state index in [0.29, 0.717) is 12.6 Å². The second-order valence-electron chi connectivity index (χ2n) is 5.57. The molecule has 1 saturated heterocycles. The van der Waals surface area contributed by atoms with Crippen molar-refractivity contribution >= 4 is 0 Å². The van der Waals surface area contributed by atoms with Crippen LogP contribution in [0.3, 0.4) is 0 Å². The summed E-state index contributed by atoms with van der Waals surface area (Å²) < 4.78 is 0. The lowest BCUT2D eigenvalue weighted by atomic mass is 9.83. The van der Waals surface area contributed by atoms with Gasteiger partial charge in [-0.25, -0.2) is 0 Å². The molecule has 16 heavy (non-hydrogen) atoms. The second kappa shape index (κ2) is 7.29. The largest absolute Gasteiger partial charge is 0.395 e. The van der Waals surface area contributed by atoms with E-state index in [0.717, 1.165) is 11.8 Å². The standard InChI is InChI=1S/C14H29NO/c1-4-5-6-7-8-12(2)14-9-15(10-14)13(3)11-16/h12-14,16H,4-11H2,1-3H3/t12?,13-/m0/s1. The minimum Gasteiger partial charge on any atom is -0.395 e. The molecule has 0 aliphatic carbocycles. The van der Waals surface area contributed by atoms with Crippen molar-refractivity contribution in [3.63, 3.8) is 0 Å². The lowest BCUT2D eigenvalue weighted by molar-refractivity contribution is 0.00654. The van der Waals surface area contributed by atoms with E-state index in [9.17, 15) is 0 Å². The highest BCUT2D eigenvalue weighted by Crippen LogP contribution is 2.28. The Morgan fingerprint density at radius 1 is 1.19 bits per heavy atom. The highest BCUT2D eigenvalue weighted by atomic mass is 16.3. The van der Waals surface area contributed by atoms with Gasteiger partial charge in [0.05, 0.1) is 6.61 Å². The van der Waals surface area contributed by atoms with Crippen LogP contribution in [0, 0.1) is 11.8 Å². The average Bonchev–Trinajstić information content (AvgIpc) is 2.22. The molecule has 1 heterocycles. The highest BCUT2D eigenvalue weighted by molar-refractivity contribution is 4.86. The van der Waals surface area contributed by atoms with Gasteiger partial charge in [-0.05, 0) is 18.8 Å². The van der Waals surface area contributed by atoms with E-state index in [1.165, 1.54) is 45.2 Å². The summed E-state index contributed by atoms with van der Waals surface area (Å²) >= 11 is 0. The van der Waals surface area contributed by atoms with Crippen molar-refractivity contribution in [3.05, 3.63) is 0 Å². The molecule has 0 radical (unpaired) electrons. The molecule has 0 aromatic rings. The van der Waals surface area contributed by atoms with Crippen LogP contribution >= 0.6 is 0 Å². The highest BCUT2D eigenvalue weighted by Gasteiger charge is 2.32. The third-order valence-electron chi connectivity index (χ3n) is 4.14. The van der Waals surface area contributed by atoms with Crippen molar-refractivity contribution in [2.45, 2.75) is 58.9 Å². The van der Waals surface area contributed by atoms with Gasteiger partial charge in [-0.3, -0.25) is 4.90 Å². The number of likely N-dealkylation sites (tertiary alicyclic amines) is 1. The Balaban J connectivity index is 2.05. The third-order valence-corrected chi connectivity index (χ3v) is 4.14. The quantitative estimate of drug-likeness (QED) is 0.645. The maximum Gasteiger partial charge on any atom is 0.0584 e. The molecule has 0 saturated carbocycles. The number of hydrogen-bond acceptors (Lipinski definition) is 2. The fourth-order valence-electron chi connectivity index (χ4n) is 2.51. The van der Waals surface area contributed by atoms with Crippen molar-refractivity contribution in [3.8, 4) is 0 Å². The van der Waals surface area contributed by atoms with Gasteiger partial charge in [-0.1, -0.05) is 46.0 Å². The summed E-state index contributed by atoms with van der Waals surface area (Å²) in [4.78, 5) is 2.40. The lowest BCUT2D eigenvalue weighted by Crippen LogP contribution is -2.54. The molecule has 1 rings (SSSR count). The normalized spacial score (nSPS) is 21.8. The summed E-state index contributed by atoms with van der Waals surface area (Å²) in [5, 5.41) is 9.05. The maximum atomic E-state index is 9.05. The summed E-state index contributed by atoms with van der Waals surface area (Å²) in [5.74, 6) is 1.76. The average molecular weight is 227 g/mol. The van der Waals surface area contributed by atoms with E-state index < -0.39 is 0 Å². The van der Waals surface area contributed by atoms with Crippen LogP contribution in [0.2, 0.25) is 0 Å². The second-order valence-corrected chi connectivity index (χ2v) is 5.57. The summed E-state index contributed by atoms with van der Waals surface area (Å²) in [7, 11) is 0. The summed E-state index contributed by atoms with van der Waals surface area (Å²) in [6, 6.07) is 0.364. The molecule has 1 aliphatic heterocycles. The zero-order valence-corrected chi connectivity index (χ0v) is 11.3. The zero-order valence-electron chi connectivity index (χ0n) is 11.3. The Morgan fingerprint density at radius 2 is 1.88 bits per heavy atom. The molecule has 0 aromatic carbocycles. The van der Waals surface area contributed by atoms with E-state index in [2.05, 4.69) is 25.7 Å². The molecule has 2 heteroatoms. The Morgan fingerprint density at radius 3 is 2.44 bits per heavy atom. The van der Waals surface area contributed by atoms with E-state index in [-0.39, 0.29) is 0 Å². The van der Waals surface area contributed by atoms with Crippen LogP contribution in [0.4, 0.5) is 0 Å². The van der Waals surface area contributed by atoms with Crippen molar-refractivity contribution in [2.75, 3.05) is 19.7 Å². The minimum atomic E-state index is 0.303. The van der Waals surface area contributed by atoms with Crippen LogP contribution in [-0.2, 0) is 0 Å². The number of hydrogen-bond donors (Lipinski definition) is 1. The van der Waals surface area contributed by atoms with Crippen molar-refractivity contribution in [1.82, 2.24) is 4.90 Å². The van der Waals surface area contributed by atoms with Gasteiger partial charge >= 0.3 is 0 Å². The fraction of sp³-hybridized carbons (Fsp3) is 1.00. The Hall–Kier alpha value is -0.0800. The molecule has 0 bridgehead atoms. The minimum absolute atomic E-state index is 0.303. The van der Waals surface area contributed by atoms with Gasteiger partial charge in [-0.15, -0.1) is 0 Å². The lowest BCUT2D eigenvalue weighted by Gasteiger charge is -2.45. The van der Waals surface area contributed by atoms with Gasteiger partial charge in [-0.2, -0.15) is 0 Å². The molecule has 96 valence electrons. The maximum absolute atomic E-state index is 9.05. The predicted octanol–water partition coefficient (Wildman–Crippen LogP) is 2.91. The number of aliphatic hydroxyl groups is 1. The van der Waals surface area contributed by atoms with Crippen LogP contribution in [0.15, 0.2) is 0 Å². The van der Waals surface area contributed by atoms with Gasteiger partial charge in [0, 0.05) is 19.1 Å². The fourth-order valence-corrected chi connectivity index (χ4v) is 2.51. The van der Waals surface area contributed by atoms with Crippen LogP contribution in [0.25, 0.3) is 0 Å². The third kappa shape index (κ3) is 4.06. The van der Waals surface area contributed by atoms with Gasteiger partial charge < -0.3 is 5.11 Å². The molecule has 0 spiro atoms. The molecular formula is C14H29NO. The van der Waals surface area contributed by atoms with Crippen LogP contribution in [0.1, 0.15) is 52.9 Å². The van der Waals surface area contributed by atoms with Crippen LogP contribution in [-0.4, -0.2) is 35.7 Å². The van der Waals surface area contributed by atoms with Gasteiger partial charge in [0.25, 0.3) is 0 Å². The van der Waals surface area contributed by atoms with E-state index >= 15 is 0 Å². The van der Waals surface area contributed by atoms with Crippen molar-refractivity contribution in [2.24, 2.45) is 11.8 Å². The zero-order chi connectivity index (χ0) is 12.0. The van der Waals surface area contributed by atoms with E-state index in [4.69, 9.17) is 5.11 Å². The number of rotatable bonds is 8. The van der Waals surface area contributed by atoms with Crippen molar-refractivity contribution in [1.29, 1.82) is 0 Å². The monoisotopic (exact) mass is 227 g/mol. The van der Waals surface area contributed by atoms with Gasteiger partial charge in [0.2, 0.25) is 0 Å². The first kappa shape index (κ1) is 14.0. The topological polar surface area (TPSA) is 23.5 Å².